The molecule has 1 heterocycles. The van der Waals surface area contributed by atoms with E-state index in [1.54, 1.807) is 0 Å². The first-order valence-electron chi connectivity index (χ1n) is 9.56. The first-order chi connectivity index (χ1) is 13.2. The van der Waals surface area contributed by atoms with Crippen LogP contribution in [0.25, 0.3) is 11.3 Å². The third-order valence-corrected chi connectivity index (χ3v) is 4.90. The van der Waals surface area contributed by atoms with Gasteiger partial charge in [0, 0.05) is 5.56 Å². The second-order valence-corrected chi connectivity index (χ2v) is 6.93. The van der Waals surface area contributed by atoms with Gasteiger partial charge in [0.05, 0.1) is 23.5 Å². The average Bonchev–Trinajstić information content (AvgIpc) is 2.69. The van der Waals surface area contributed by atoms with Crippen LogP contribution in [-0.2, 0) is 30.5 Å². The number of hydrogen-bond donors (Lipinski definition) is 1. The van der Waals surface area contributed by atoms with Gasteiger partial charge in [-0.1, -0.05) is 67.9 Å². The summed E-state index contributed by atoms with van der Waals surface area (Å²) in [4.78, 5) is 22.3. The van der Waals surface area contributed by atoms with Gasteiger partial charge in [0.15, 0.2) is 5.82 Å². The highest BCUT2D eigenvalue weighted by Gasteiger charge is 2.21. The zero-order chi connectivity index (χ0) is 18.6. The van der Waals surface area contributed by atoms with E-state index >= 15 is 0 Å². The second kappa shape index (κ2) is 7.70. The van der Waals surface area contributed by atoms with Crippen molar-refractivity contribution >= 4 is 11.7 Å². The SMILES string of the molecule is CCCc1nc2c(nc1NC(=O)Cc1ccccc1)CCc1ccccc1-2. The zero-order valence-corrected chi connectivity index (χ0v) is 15.5. The zero-order valence-electron chi connectivity index (χ0n) is 15.5. The molecule has 0 atom stereocenters. The molecule has 0 unspecified atom stereocenters. The Morgan fingerprint density at radius 1 is 1.00 bits per heavy atom. The van der Waals surface area contributed by atoms with Crippen LogP contribution in [0, 0.1) is 0 Å². The first-order valence-corrected chi connectivity index (χ1v) is 9.56. The van der Waals surface area contributed by atoms with Gasteiger partial charge in [-0.3, -0.25) is 4.79 Å². The minimum atomic E-state index is -0.0518. The predicted octanol–water partition coefficient (Wildman–Crippen LogP) is 4.38. The topological polar surface area (TPSA) is 54.9 Å². The Kier molecular flexibility index (Phi) is 4.97. The maximum absolute atomic E-state index is 12.5. The molecule has 3 aromatic rings. The number of rotatable bonds is 5. The highest BCUT2D eigenvalue weighted by Crippen LogP contribution is 2.32. The van der Waals surface area contributed by atoms with Crippen molar-refractivity contribution in [2.24, 2.45) is 0 Å². The smallest absolute Gasteiger partial charge is 0.229 e. The summed E-state index contributed by atoms with van der Waals surface area (Å²) in [5.74, 6) is 0.569. The summed E-state index contributed by atoms with van der Waals surface area (Å²) in [6, 6.07) is 18.2. The molecular weight excluding hydrogens is 334 g/mol. The summed E-state index contributed by atoms with van der Waals surface area (Å²) in [7, 11) is 0. The Balaban J connectivity index is 1.64. The van der Waals surface area contributed by atoms with Gasteiger partial charge < -0.3 is 5.32 Å². The van der Waals surface area contributed by atoms with Crippen LogP contribution < -0.4 is 5.32 Å². The predicted molar refractivity (Wildman–Crippen MR) is 108 cm³/mol. The minimum Gasteiger partial charge on any atom is -0.309 e. The summed E-state index contributed by atoms with van der Waals surface area (Å²) < 4.78 is 0. The molecule has 1 N–H and O–H groups in total. The van der Waals surface area contributed by atoms with Crippen molar-refractivity contribution in [1.82, 2.24) is 9.97 Å². The van der Waals surface area contributed by atoms with E-state index in [1.807, 2.05) is 36.4 Å². The van der Waals surface area contributed by atoms with Crippen LogP contribution >= 0.6 is 0 Å². The maximum Gasteiger partial charge on any atom is 0.229 e. The number of benzene rings is 2. The molecule has 4 rings (SSSR count). The van der Waals surface area contributed by atoms with E-state index in [1.165, 1.54) is 11.1 Å². The summed E-state index contributed by atoms with van der Waals surface area (Å²) in [6.07, 6.45) is 3.91. The van der Waals surface area contributed by atoms with Crippen molar-refractivity contribution in [1.29, 1.82) is 0 Å². The average molecular weight is 357 g/mol. The number of carbonyl (C=O) groups is 1. The molecule has 0 bridgehead atoms. The lowest BCUT2D eigenvalue weighted by atomic mass is 9.91. The van der Waals surface area contributed by atoms with Crippen molar-refractivity contribution in [3.05, 3.63) is 77.1 Å². The quantitative estimate of drug-likeness (QED) is 0.737. The number of carbonyl (C=O) groups excluding carboxylic acids is 1. The van der Waals surface area contributed by atoms with E-state index in [9.17, 15) is 4.79 Å². The second-order valence-electron chi connectivity index (χ2n) is 6.93. The Morgan fingerprint density at radius 3 is 2.59 bits per heavy atom. The van der Waals surface area contributed by atoms with Gasteiger partial charge >= 0.3 is 0 Å². The van der Waals surface area contributed by atoms with E-state index in [-0.39, 0.29) is 5.91 Å². The van der Waals surface area contributed by atoms with Crippen molar-refractivity contribution < 1.29 is 4.79 Å². The molecule has 0 fully saturated rings. The van der Waals surface area contributed by atoms with Crippen LogP contribution in [0.3, 0.4) is 0 Å². The van der Waals surface area contributed by atoms with Gasteiger partial charge in [0.25, 0.3) is 0 Å². The van der Waals surface area contributed by atoms with Crippen molar-refractivity contribution in [2.45, 2.75) is 39.0 Å². The highest BCUT2D eigenvalue weighted by atomic mass is 16.1. The standard InChI is InChI=1S/C23H23N3O/c1-2-8-20-23(26-21(27)15-16-9-4-3-5-10-16)25-19-14-13-17-11-6-7-12-18(17)22(19)24-20/h3-7,9-12H,2,8,13-15H2,1H3,(H,25,26,27). The molecule has 27 heavy (non-hydrogen) atoms. The lowest BCUT2D eigenvalue weighted by molar-refractivity contribution is -0.115. The minimum absolute atomic E-state index is 0.0518. The van der Waals surface area contributed by atoms with Crippen LogP contribution in [0.5, 0.6) is 0 Å². The van der Waals surface area contributed by atoms with Gasteiger partial charge in [-0.25, -0.2) is 9.97 Å². The van der Waals surface area contributed by atoms with Gasteiger partial charge in [-0.05, 0) is 30.4 Å². The number of fused-ring (bicyclic) bond motifs is 3. The van der Waals surface area contributed by atoms with Crippen LogP contribution in [0.4, 0.5) is 5.82 Å². The summed E-state index contributed by atoms with van der Waals surface area (Å²) in [5, 5.41) is 3.01. The molecule has 1 aliphatic carbocycles. The van der Waals surface area contributed by atoms with Crippen LogP contribution in [0.2, 0.25) is 0 Å². The molecule has 0 radical (unpaired) electrons. The Hall–Kier alpha value is -3.01. The monoisotopic (exact) mass is 357 g/mol. The van der Waals surface area contributed by atoms with E-state index in [0.717, 1.165) is 48.3 Å². The van der Waals surface area contributed by atoms with Gasteiger partial charge in [-0.15, -0.1) is 0 Å². The normalized spacial score (nSPS) is 12.2. The molecule has 0 spiro atoms. The van der Waals surface area contributed by atoms with Crippen molar-refractivity contribution in [2.75, 3.05) is 5.32 Å². The fourth-order valence-corrected chi connectivity index (χ4v) is 3.59. The molecule has 136 valence electrons. The molecule has 1 aromatic heterocycles. The van der Waals surface area contributed by atoms with Gasteiger partial charge in [0.2, 0.25) is 5.91 Å². The van der Waals surface area contributed by atoms with Crippen LogP contribution in [0.1, 0.15) is 35.9 Å². The highest BCUT2D eigenvalue weighted by molar-refractivity contribution is 5.92. The third-order valence-electron chi connectivity index (χ3n) is 4.90. The van der Waals surface area contributed by atoms with E-state index < -0.39 is 0 Å². The summed E-state index contributed by atoms with van der Waals surface area (Å²) in [6.45, 7) is 2.12. The van der Waals surface area contributed by atoms with Crippen molar-refractivity contribution in [3.8, 4) is 11.3 Å². The molecule has 4 nitrogen and oxygen atoms in total. The Morgan fingerprint density at radius 2 is 1.78 bits per heavy atom. The lowest BCUT2D eigenvalue weighted by Gasteiger charge is -2.20. The number of aromatic nitrogens is 2. The Bertz CT molecular complexity index is 967. The summed E-state index contributed by atoms with van der Waals surface area (Å²) in [5.41, 5.74) is 6.31. The number of amides is 1. The van der Waals surface area contributed by atoms with E-state index in [0.29, 0.717) is 12.2 Å². The Labute approximate surface area is 159 Å². The van der Waals surface area contributed by atoms with Gasteiger partial charge in [0.1, 0.15) is 0 Å². The molecule has 1 amide bonds. The van der Waals surface area contributed by atoms with Crippen molar-refractivity contribution in [3.63, 3.8) is 0 Å². The number of aryl methyl sites for hydroxylation is 3. The summed E-state index contributed by atoms with van der Waals surface area (Å²) >= 11 is 0. The molecule has 0 aliphatic heterocycles. The molecule has 1 aliphatic rings. The van der Waals surface area contributed by atoms with Gasteiger partial charge in [-0.2, -0.15) is 0 Å². The molecule has 2 aromatic carbocycles. The lowest BCUT2D eigenvalue weighted by Crippen LogP contribution is -2.19. The maximum atomic E-state index is 12.5. The first kappa shape index (κ1) is 17.4. The fourth-order valence-electron chi connectivity index (χ4n) is 3.59. The fraction of sp³-hybridized carbons (Fsp3) is 0.261. The number of nitrogens with zero attached hydrogens (tertiary/aromatic N) is 2. The van der Waals surface area contributed by atoms with Crippen LogP contribution in [-0.4, -0.2) is 15.9 Å². The molecular formula is C23H23N3O. The number of hydrogen-bond acceptors (Lipinski definition) is 3. The van der Waals surface area contributed by atoms with Crippen LogP contribution in [0.15, 0.2) is 54.6 Å². The third kappa shape index (κ3) is 3.75. The number of anilines is 1. The molecule has 0 saturated carbocycles. The number of nitrogens with one attached hydrogen (secondary N) is 1. The largest absolute Gasteiger partial charge is 0.309 e. The van der Waals surface area contributed by atoms with E-state index in [4.69, 9.17) is 9.97 Å². The van der Waals surface area contributed by atoms with E-state index in [2.05, 4.69) is 30.4 Å². The molecule has 0 saturated heterocycles. The molecule has 4 heteroatoms.